The average molecular weight is 583 g/mol. The first-order chi connectivity index (χ1) is 21.0. The molecule has 2 N–H and O–H groups in total. The van der Waals surface area contributed by atoms with Crippen molar-refractivity contribution >= 4 is 17.6 Å². The monoisotopic (exact) mass is 582 g/mol. The number of anilines is 1. The van der Waals surface area contributed by atoms with E-state index >= 15 is 0 Å². The molecule has 1 aliphatic heterocycles. The van der Waals surface area contributed by atoms with Crippen LogP contribution in [0.2, 0.25) is 0 Å². The van der Waals surface area contributed by atoms with Crippen LogP contribution in [0.1, 0.15) is 30.4 Å². The van der Waals surface area contributed by atoms with Gasteiger partial charge in [0.1, 0.15) is 35.2 Å². The Morgan fingerprint density at radius 1 is 0.953 bits per heavy atom. The standard InChI is InChI=1S/C33H34N4O6/c1-40-24-5-3-21(28(15-24)41-2)18-36-32(38)30-25-16-26(30)31(25)33(39)37-29-14-20(7-10-35-29)19-4-6-27(22(13-19)17-34)43-23-8-11-42-12-9-23/h3-7,10,13-15,23,25-26,30-31H,8-9,11-12,16,18H2,1-2H3,(H,36,38)(H,35,37,39). The maximum absolute atomic E-state index is 13.1. The largest absolute Gasteiger partial charge is 0.497 e. The Morgan fingerprint density at radius 3 is 2.44 bits per heavy atom. The van der Waals surface area contributed by atoms with E-state index in [1.807, 2.05) is 30.3 Å². The first-order valence-corrected chi connectivity index (χ1v) is 14.5. The molecule has 2 atom stereocenters. The normalized spacial score (nSPS) is 22.3. The number of hydrogen-bond donors (Lipinski definition) is 2. The molecule has 3 aliphatic carbocycles. The predicted molar refractivity (Wildman–Crippen MR) is 157 cm³/mol. The maximum Gasteiger partial charge on any atom is 0.229 e. The van der Waals surface area contributed by atoms with E-state index in [0.29, 0.717) is 48.4 Å². The van der Waals surface area contributed by atoms with Crippen LogP contribution in [-0.4, -0.2) is 50.3 Å². The lowest BCUT2D eigenvalue weighted by Crippen LogP contribution is -2.67. The second kappa shape index (κ2) is 12.3. The molecule has 2 unspecified atom stereocenters. The minimum atomic E-state index is -0.205. The summed E-state index contributed by atoms with van der Waals surface area (Å²) in [4.78, 5) is 30.4. The summed E-state index contributed by atoms with van der Waals surface area (Å²) in [5, 5.41) is 15.7. The zero-order valence-corrected chi connectivity index (χ0v) is 24.2. The van der Waals surface area contributed by atoms with Gasteiger partial charge >= 0.3 is 0 Å². The van der Waals surface area contributed by atoms with Crippen LogP contribution in [0.25, 0.3) is 11.1 Å². The highest BCUT2D eigenvalue weighted by Gasteiger charge is 2.66. The molecule has 2 aromatic carbocycles. The molecule has 222 valence electrons. The maximum atomic E-state index is 13.1. The van der Waals surface area contributed by atoms with Crippen molar-refractivity contribution in [2.24, 2.45) is 23.7 Å². The van der Waals surface area contributed by atoms with Gasteiger partial charge in [-0.3, -0.25) is 9.59 Å². The molecule has 3 aromatic rings. The van der Waals surface area contributed by atoms with E-state index in [4.69, 9.17) is 18.9 Å². The van der Waals surface area contributed by atoms with Gasteiger partial charge in [0.25, 0.3) is 0 Å². The highest BCUT2D eigenvalue weighted by molar-refractivity contribution is 5.96. The van der Waals surface area contributed by atoms with E-state index in [1.54, 1.807) is 38.6 Å². The second-order valence-corrected chi connectivity index (χ2v) is 11.2. The van der Waals surface area contributed by atoms with E-state index in [2.05, 4.69) is 21.7 Å². The number of benzene rings is 2. The summed E-state index contributed by atoms with van der Waals surface area (Å²) in [6, 6.07) is 16.9. The SMILES string of the molecule is COc1ccc(CNC(=O)C2C3CC2C3C(=O)Nc2cc(-c3ccc(OC4CCOCC4)c(C#N)c3)ccn2)c(OC)c1. The van der Waals surface area contributed by atoms with E-state index < -0.39 is 0 Å². The molecule has 10 heteroatoms. The first kappa shape index (κ1) is 28.5. The summed E-state index contributed by atoms with van der Waals surface area (Å²) in [5.74, 6) is 1.84. The Morgan fingerprint density at radius 2 is 1.72 bits per heavy atom. The van der Waals surface area contributed by atoms with Gasteiger partial charge in [0.15, 0.2) is 0 Å². The van der Waals surface area contributed by atoms with Gasteiger partial charge in [-0.25, -0.2) is 4.98 Å². The molecule has 2 amide bonds. The van der Waals surface area contributed by atoms with Gasteiger partial charge in [-0.1, -0.05) is 6.07 Å². The Balaban J connectivity index is 1.04. The zero-order chi connectivity index (χ0) is 29.9. The van der Waals surface area contributed by atoms with E-state index in [1.165, 1.54) is 0 Å². The second-order valence-electron chi connectivity index (χ2n) is 11.2. The lowest BCUT2D eigenvalue weighted by Gasteiger charge is -2.62. The van der Waals surface area contributed by atoms with Gasteiger partial charge < -0.3 is 29.6 Å². The number of carbonyl (C=O) groups excluding carboxylic acids is 2. The Bertz CT molecular complexity index is 1550. The van der Waals surface area contributed by atoms with Crippen molar-refractivity contribution in [2.75, 3.05) is 32.8 Å². The van der Waals surface area contributed by atoms with Crippen molar-refractivity contribution in [3.63, 3.8) is 0 Å². The molecule has 1 aromatic heterocycles. The number of aromatic nitrogens is 1. The van der Waals surface area contributed by atoms with Crippen LogP contribution in [-0.2, 0) is 20.9 Å². The summed E-state index contributed by atoms with van der Waals surface area (Å²) in [6.07, 6.45) is 4.14. The van der Waals surface area contributed by atoms with Crippen molar-refractivity contribution in [1.82, 2.24) is 10.3 Å². The van der Waals surface area contributed by atoms with Crippen molar-refractivity contribution in [3.8, 4) is 34.4 Å². The van der Waals surface area contributed by atoms with Gasteiger partial charge in [0.2, 0.25) is 11.8 Å². The minimum absolute atomic E-state index is 0.0207. The van der Waals surface area contributed by atoms with Crippen LogP contribution in [0, 0.1) is 35.0 Å². The first-order valence-electron chi connectivity index (χ1n) is 14.5. The predicted octanol–water partition coefficient (Wildman–Crippen LogP) is 4.33. The fourth-order valence-electron chi connectivity index (χ4n) is 6.28. The molecule has 4 aliphatic rings. The number of nitriles is 1. The molecule has 43 heavy (non-hydrogen) atoms. The van der Waals surface area contributed by atoms with Gasteiger partial charge in [-0.15, -0.1) is 0 Å². The van der Waals surface area contributed by atoms with Gasteiger partial charge in [-0.2, -0.15) is 5.26 Å². The van der Waals surface area contributed by atoms with Crippen molar-refractivity contribution in [2.45, 2.75) is 31.9 Å². The third-order valence-corrected chi connectivity index (χ3v) is 8.85. The molecule has 2 heterocycles. The van der Waals surface area contributed by atoms with Crippen molar-refractivity contribution in [3.05, 3.63) is 65.9 Å². The highest BCUT2D eigenvalue weighted by Crippen LogP contribution is 2.63. The number of amides is 2. The van der Waals surface area contributed by atoms with Crippen LogP contribution in [0.5, 0.6) is 17.2 Å². The van der Waals surface area contributed by atoms with E-state index in [0.717, 1.165) is 36.0 Å². The molecular formula is C33H34N4O6. The number of nitrogens with one attached hydrogen (secondary N) is 2. The number of methoxy groups -OCH3 is 2. The highest BCUT2D eigenvalue weighted by atomic mass is 16.5. The summed E-state index contributed by atoms with van der Waals surface area (Å²) >= 11 is 0. The van der Waals surface area contributed by atoms with Crippen LogP contribution in [0.15, 0.2) is 54.7 Å². The smallest absolute Gasteiger partial charge is 0.229 e. The lowest BCUT2D eigenvalue weighted by molar-refractivity contribution is -0.184. The van der Waals surface area contributed by atoms with Crippen molar-refractivity contribution in [1.29, 1.82) is 5.26 Å². The Labute approximate surface area is 250 Å². The number of pyridine rings is 1. The van der Waals surface area contributed by atoms with Crippen LogP contribution in [0.4, 0.5) is 5.82 Å². The number of hydrogen-bond acceptors (Lipinski definition) is 8. The topological polar surface area (TPSA) is 132 Å². The molecule has 1 saturated heterocycles. The molecule has 3 saturated carbocycles. The molecule has 0 spiro atoms. The van der Waals surface area contributed by atoms with Gasteiger partial charge in [0.05, 0.1) is 33.0 Å². The molecule has 10 nitrogen and oxygen atoms in total. The molecule has 7 rings (SSSR count). The fourth-order valence-corrected chi connectivity index (χ4v) is 6.28. The van der Waals surface area contributed by atoms with Crippen LogP contribution in [0.3, 0.4) is 0 Å². The molecule has 0 radical (unpaired) electrons. The molecule has 2 bridgehead atoms. The Kier molecular flexibility index (Phi) is 8.16. The van der Waals surface area contributed by atoms with Gasteiger partial charge in [-0.05, 0) is 65.8 Å². The number of nitrogens with zero attached hydrogens (tertiary/aromatic N) is 2. The van der Waals surface area contributed by atoms with Crippen molar-refractivity contribution < 1.29 is 28.5 Å². The molecule has 4 fully saturated rings. The van der Waals surface area contributed by atoms with E-state index in [-0.39, 0.29) is 41.6 Å². The summed E-state index contributed by atoms with van der Waals surface area (Å²) in [5.41, 5.74) is 2.96. The van der Waals surface area contributed by atoms with Crippen LogP contribution >= 0.6 is 0 Å². The third kappa shape index (κ3) is 5.73. The Hall–Kier alpha value is -4.62. The zero-order valence-electron chi connectivity index (χ0n) is 24.2. The summed E-state index contributed by atoms with van der Waals surface area (Å²) in [7, 11) is 3.17. The quantitative estimate of drug-likeness (QED) is 0.361. The molecular weight excluding hydrogens is 548 g/mol. The fraction of sp³-hybridized carbons (Fsp3) is 0.394. The lowest BCUT2D eigenvalue weighted by atomic mass is 9.40. The summed E-state index contributed by atoms with van der Waals surface area (Å²) in [6.45, 7) is 1.66. The average Bonchev–Trinajstić information content (AvgIpc) is 2.99. The number of carbonyl (C=O) groups is 2. The van der Waals surface area contributed by atoms with E-state index in [9.17, 15) is 14.9 Å². The third-order valence-electron chi connectivity index (χ3n) is 8.85. The number of rotatable bonds is 10. The minimum Gasteiger partial charge on any atom is -0.497 e. The van der Waals surface area contributed by atoms with Gasteiger partial charge in [0, 0.05) is 49.0 Å². The van der Waals surface area contributed by atoms with Crippen LogP contribution < -0.4 is 24.8 Å². The number of ether oxygens (including phenoxy) is 4. The summed E-state index contributed by atoms with van der Waals surface area (Å²) < 4.78 is 22.1.